The number of carbonyl (C=O) groups is 1. The van der Waals surface area contributed by atoms with Crippen molar-refractivity contribution in [3.63, 3.8) is 0 Å². The summed E-state index contributed by atoms with van der Waals surface area (Å²) in [5.41, 5.74) is 1.01. The van der Waals surface area contributed by atoms with Crippen molar-refractivity contribution in [2.24, 2.45) is 0 Å². The van der Waals surface area contributed by atoms with Crippen molar-refractivity contribution in [3.05, 3.63) is 59.0 Å². The van der Waals surface area contributed by atoms with Crippen LogP contribution in [0.5, 0.6) is 0 Å². The van der Waals surface area contributed by atoms with Crippen LogP contribution in [0.2, 0.25) is 0 Å². The molecule has 4 rings (SSSR count). The van der Waals surface area contributed by atoms with Gasteiger partial charge >= 0.3 is 0 Å². The molecule has 122 valence electrons. The van der Waals surface area contributed by atoms with Crippen LogP contribution < -0.4 is 0 Å². The molecule has 1 saturated heterocycles. The smallest absolute Gasteiger partial charge is 0.247 e. The Labute approximate surface area is 144 Å². The summed E-state index contributed by atoms with van der Waals surface area (Å²) in [7, 11) is 0. The first-order valence-electron chi connectivity index (χ1n) is 8.11. The molecule has 1 fully saturated rings. The van der Waals surface area contributed by atoms with E-state index in [1.54, 1.807) is 23.5 Å². The summed E-state index contributed by atoms with van der Waals surface area (Å²) in [6, 6.07) is 12.0. The molecule has 0 N–H and O–H groups in total. The molecule has 0 radical (unpaired) electrons. The van der Waals surface area contributed by atoms with Crippen molar-refractivity contribution in [2.45, 2.75) is 25.8 Å². The molecule has 1 unspecified atom stereocenters. The molecule has 0 spiro atoms. The summed E-state index contributed by atoms with van der Waals surface area (Å²) in [6.07, 6.45) is 5.33. The number of amides is 1. The van der Waals surface area contributed by atoms with E-state index >= 15 is 0 Å². The molecule has 1 atom stereocenters. The Balaban J connectivity index is 1.55. The summed E-state index contributed by atoms with van der Waals surface area (Å²) in [5, 5.41) is 1.03. The van der Waals surface area contributed by atoms with Crippen LogP contribution >= 0.6 is 11.3 Å². The zero-order valence-corrected chi connectivity index (χ0v) is 14.3. The Kier molecular flexibility index (Phi) is 3.94. The summed E-state index contributed by atoms with van der Waals surface area (Å²) in [5.74, 6) is 1.57. The molecule has 0 bridgehead atoms. The highest BCUT2D eigenvalue weighted by Crippen LogP contribution is 2.36. The molecule has 1 amide bonds. The highest BCUT2D eigenvalue weighted by Gasteiger charge is 2.31. The van der Waals surface area contributed by atoms with Crippen LogP contribution in [0.15, 0.2) is 46.9 Å². The number of aromatic nitrogens is 1. The third-order valence-corrected chi connectivity index (χ3v) is 5.42. The van der Waals surface area contributed by atoms with Gasteiger partial charge in [0.1, 0.15) is 16.5 Å². The monoisotopic (exact) mass is 338 g/mol. The van der Waals surface area contributed by atoms with Crippen LogP contribution in [-0.4, -0.2) is 22.3 Å². The Hall–Kier alpha value is -2.40. The van der Waals surface area contributed by atoms with Gasteiger partial charge in [-0.2, -0.15) is 0 Å². The predicted octanol–water partition coefficient (Wildman–Crippen LogP) is 4.57. The van der Waals surface area contributed by atoms with E-state index < -0.39 is 0 Å². The molecular formula is C19H18N2O2S. The quantitative estimate of drug-likeness (QED) is 0.657. The van der Waals surface area contributed by atoms with E-state index in [-0.39, 0.29) is 11.9 Å². The largest absolute Gasteiger partial charge is 0.462 e. The minimum absolute atomic E-state index is 0.0193. The first-order valence-corrected chi connectivity index (χ1v) is 8.93. The number of benzene rings is 1. The fourth-order valence-corrected chi connectivity index (χ4v) is 4.23. The number of para-hydroxylation sites is 1. The first kappa shape index (κ1) is 15.1. The maximum atomic E-state index is 12.6. The third-order valence-electron chi connectivity index (χ3n) is 4.28. The molecule has 24 heavy (non-hydrogen) atoms. The summed E-state index contributed by atoms with van der Waals surface area (Å²) in [6.45, 7) is 2.67. The number of furan rings is 1. The predicted molar refractivity (Wildman–Crippen MR) is 95.8 cm³/mol. The Morgan fingerprint density at radius 3 is 3.00 bits per heavy atom. The van der Waals surface area contributed by atoms with Gasteiger partial charge in [-0.25, -0.2) is 4.98 Å². The number of likely N-dealkylation sites (tertiary alicyclic amines) is 1. The molecule has 2 aromatic heterocycles. The van der Waals surface area contributed by atoms with Crippen LogP contribution in [0.3, 0.4) is 0 Å². The second-order valence-corrected chi connectivity index (χ2v) is 7.05. The number of thiazole rings is 1. The fourth-order valence-electron chi connectivity index (χ4n) is 3.11. The second-order valence-electron chi connectivity index (χ2n) is 5.99. The molecule has 1 aromatic carbocycles. The topological polar surface area (TPSA) is 46.3 Å². The summed E-state index contributed by atoms with van der Waals surface area (Å²) in [4.78, 5) is 19.3. The Morgan fingerprint density at radius 1 is 1.33 bits per heavy atom. The van der Waals surface area contributed by atoms with Crippen molar-refractivity contribution in [3.8, 4) is 0 Å². The third kappa shape index (κ3) is 2.87. The summed E-state index contributed by atoms with van der Waals surface area (Å²) < 4.78 is 6.65. The van der Waals surface area contributed by atoms with E-state index in [0.717, 1.165) is 35.7 Å². The number of fused-ring (bicyclic) bond motifs is 1. The van der Waals surface area contributed by atoms with Gasteiger partial charge in [0.25, 0.3) is 0 Å². The van der Waals surface area contributed by atoms with Gasteiger partial charge in [0.2, 0.25) is 5.91 Å². The lowest BCUT2D eigenvalue weighted by molar-refractivity contribution is -0.126. The highest BCUT2D eigenvalue weighted by atomic mass is 32.1. The van der Waals surface area contributed by atoms with Gasteiger partial charge in [0, 0.05) is 12.6 Å². The molecule has 0 aliphatic carbocycles. The lowest BCUT2D eigenvalue weighted by atomic mass is 10.2. The standard InChI is InChI=1S/C19H18N2O2S/c1-13-8-9-14(23-13)10-11-18(22)21-12-4-6-16(21)19-20-15-5-2-3-7-17(15)24-19/h2-3,5,7-11,16H,4,6,12H2,1H3/b11-10+. The lowest BCUT2D eigenvalue weighted by Crippen LogP contribution is -2.28. The molecule has 1 aliphatic rings. The van der Waals surface area contributed by atoms with Gasteiger partial charge in [0.05, 0.1) is 16.3 Å². The van der Waals surface area contributed by atoms with E-state index in [1.807, 2.05) is 42.2 Å². The molecule has 0 saturated carbocycles. The summed E-state index contributed by atoms with van der Waals surface area (Å²) >= 11 is 1.69. The fraction of sp³-hybridized carbons (Fsp3) is 0.263. The molecule has 5 heteroatoms. The lowest BCUT2D eigenvalue weighted by Gasteiger charge is -2.21. The average molecular weight is 338 g/mol. The molecule has 4 nitrogen and oxygen atoms in total. The average Bonchev–Trinajstić information content (AvgIpc) is 3.30. The van der Waals surface area contributed by atoms with E-state index in [1.165, 1.54) is 4.70 Å². The van der Waals surface area contributed by atoms with Crippen molar-refractivity contribution in [1.82, 2.24) is 9.88 Å². The van der Waals surface area contributed by atoms with Gasteiger partial charge < -0.3 is 9.32 Å². The van der Waals surface area contributed by atoms with E-state index in [4.69, 9.17) is 9.40 Å². The number of aryl methyl sites for hydroxylation is 1. The van der Waals surface area contributed by atoms with Crippen molar-refractivity contribution in [1.29, 1.82) is 0 Å². The van der Waals surface area contributed by atoms with Crippen LogP contribution in [0.4, 0.5) is 0 Å². The highest BCUT2D eigenvalue weighted by molar-refractivity contribution is 7.18. The van der Waals surface area contributed by atoms with Crippen molar-refractivity contribution >= 4 is 33.5 Å². The van der Waals surface area contributed by atoms with E-state index in [2.05, 4.69) is 6.07 Å². The molecule has 3 heterocycles. The number of carbonyl (C=O) groups excluding carboxylic acids is 1. The Bertz CT molecular complexity index is 876. The molecule has 1 aliphatic heterocycles. The SMILES string of the molecule is Cc1ccc(/C=C/C(=O)N2CCCC2c2nc3ccccc3s2)o1. The number of hydrogen-bond donors (Lipinski definition) is 0. The van der Waals surface area contributed by atoms with E-state index in [9.17, 15) is 4.79 Å². The minimum Gasteiger partial charge on any atom is -0.462 e. The van der Waals surface area contributed by atoms with Gasteiger partial charge in [-0.15, -0.1) is 11.3 Å². The van der Waals surface area contributed by atoms with Gasteiger partial charge in [0.15, 0.2) is 0 Å². The van der Waals surface area contributed by atoms with E-state index in [0.29, 0.717) is 5.76 Å². The Morgan fingerprint density at radius 2 is 2.21 bits per heavy atom. The number of hydrogen-bond acceptors (Lipinski definition) is 4. The maximum Gasteiger partial charge on any atom is 0.247 e. The van der Waals surface area contributed by atoms with Crippen molar-refractivity contribution < 1.29 is 9.21 Å². The van der Waals surface area contributed by atoms with Gasteiger partial charge in [-0.05, 0) is 50.1 Å². The van der Waals surface area contributed by atoms with Crippen LogP contribution in [0.1, 0.15) is 35.4 Å². The number of rotatable bonds is 3. The van der Waals surface area contributed by atoms with Crippen LogP contribution in [0.25, 0.3) is 16.3 Å². The maximum absolute atomic E-state index is 12.6. The van der Waals surface area contributed by atoms with Crippen LogP contribution in [0, 0.1) is 6.92 Å². The second kappa shape index (κ2) is 6.24. The van der Waals surface area contributed by atoms with Crippen LogP contribution in [-0.2, 0) is 4.79 Å². The molecular weight excluding hydrogens is 320 g/mol. The van der Waals surface area contributed by atoms with Gasteiger partial charge in [-0.3, -0.25) is 4.79 Å². The minimum atomic E-state index is 0.0193. The molecule has 3 aromatic rings. The van der Waals surface area contributed by atoms with Crippen molar-refractivity contribution in [2.75, 3.05) is 6.54 Å². The number of nitrogens with zero attached hydrogens (tertiary/aromatic N) is 2. The normalized spacial score (nSPS) is 18.0. The first-order chi connectivity index (χ1) is 11.7. The zero-order chi connectivity index (χ0) is 16.5. The zero-order valence-electron chi connectivity index (χ0n) is 13.4. The van der Waals surface area contributed by atoms with Gasteiger partial charge in [-0.1, -0.05) is 12.1 Å².